The maximum Gasteiger partial charge on any atom is 0.223 e. The molecular weight excluding hydrogens is 394 g/mol. The maximum absolute atomic E-state index is 13.0. The molecule has 1 amide bonds. The Bertz CT molecular complexity index is 801. The predicted octanol–water partition coefficient (Wildman–Crippen LogP) is 3.53. The molecule has 168 valence electrons. The summed E-state index contributed by atoms with van der Waals surface area (Å²) in [5.74, 6) is 1.80. The van der Waals surface area contributed by atoms with Crippen molar-refractivity contribution in [2.45, 2.75) is 69.6 Å². The quantitative estimate of drug-likeness (QED) is 0.643. The molecule has 1 aromatic rings. The second-order valence-electron chi connectivity index (χ2n) is 9.72. The molecule has 4 fully saturated rings. The van der Waals surface area contributed by atoms with Crippen molar-refractivity contribution in [3.63, 3.8) is 0 Å². The molecule has 2 aliphatic heterocycles. The van der Waals surface area contributed by atoms with Crippen LogP contribution in [0.3, 0.4) is 0 Å². The van der Waals surface area contributed by atoms with Crippen molar-refractivity contribution >= 4 is 11.7 Å². The first kappa shape index (κ1) is 21.0. The molecule has 4 aliphatic rings. The second kappa shape index (κ2) is 9.29. The Balaban J connectivity index is 1.14. The lowest BCUT2D eigenvalue weighted by Gasteiger charge is -2.21. The van der Waals surface area contributed by atoms with Crippen LogP contribution in [-0.4, -0.2) is 49.8 Å². The number of hydrogen-bond acceptors (Lipinski definition) is 5. The number of benzene rings is 1. The number of hydrogen-bond donors (Lipinski definition) is 1. The summed E-state index contributed by atoms with van der Waals surface area (Å²) in [6.07, 6.45) is 8.49. The Kier molecular flexibility index (Phi) is 6.28. The van der Waals surface area contributed by atoms with Crippen molar-refractivity contribution in [1.29, 1.82) is 0 Å². The van der Waals surface area contributed by atoms with E-state index in [0.29, 0.717) is 31.1 Å². The van der Waals surface area contributed by atoms with Crippen LogP contribution >= 0.6 is 0 Å². The molecular formula is C25H33NO5. The molecule has 5 rings (SSSR count). The van der Waals surface area contributed by atoms with E-state index in [4.69, 9.17) is 14.2 Å². The van der Waals surface area contributed by atoms with E-state index in [-0.39, 0.29) is 41.8 Å². The molecule has 2 heterocycles. The van der Waals surface area contributed by atoms with E-state index in [9.17, 15) is 9.59 Å². The number of carbonyl (C=O) groups excluding carboxylic acids is 2. The fourth-order valence-electron chi connectivity index (χ4n) is 5.21. The topological polar surface area (TPSA) is 73.9 Å². The minimum absolute atomic E-state index is 0.0205. The highest BCUT2D eigenvalue weighted by molar-refractivity contribution is 5.96. The molecule has 0 unspecified atom stereocenters. The molecule has 4 atom stereocenters. The van der Waals surface area contributed by atoms with Gasteiger partial charge < -0.3 is 19.5 Å². The van der Waals surface area contributed by atoms with E-state index in [2.05, 4.69) is 5.32 Å². The summed E-state index contributed by atoms with van der Waals surface area (Å²) < 4.78 is 17.9. The minimum Gasteiger partial charge on any atom is -0.493 e. The molecule has 2 saturated heterocycles. The average Bonchev–Trinajstić information content (AvgIpc) is 3.48. The van der Waals surface area contributed by atoms with Gasteiger partial charge in [0.2, 0.25) is 5.91 Å². The van der Waals surface area contributed by atoms with Gasteiger partial charge in [0.05, 0.1) is 32.0 Å². The van der Waals surface area contributed by atoms with E-state index in [0.717, 1.165) is 25.2 Å². The fraction of sp³-hybridized carbons (Fsp3) is 0.680. The standard InChI is InChI=1S/C25H33NO5/c27-22(18-7-4-8-20(11-18)29-13-16-5-2-1-3-6-16)12-19-14-30-24-21(15-31-23(19)24)26-25(28)17-9-10-17/h4,7-8,11,16-17,19,21,23-24H,1-3,5-6,9-10,12-15H2,(H,26,28)/t19-,21-,23+,24+/m0/s1. The highest BCUT2D eigenvalue weighted by atomic mass is 16.6. The lowest BCUT2D eigenvalue weighted by molar-refractivity contribution is -0.123. The molecule has 2 saturated carbocycles. The number of ether oxygens (including phenoxy) is 3. The molecule has 0 aromatic heterocycles. The number of carbonyl (C=O) groups is 2. The predicted molar refractivity (Wildman–Crippen MR) is 115 cm³/mol. The van der Waals surface area contributed by atoms with Crippen LogP contribution in [0.15, 0.2) is 24.3 Å². The van der Waals surface area contributed by atoms with Crippen molar-refractivity contribution in [2.24, 2.45) is 17.8 Å². The summed E-state index contributed by atoms with van der Waals surface area (Å²) >= 11 is 0. The van der Waals surface area contributed by atoms with Gasteiger partial charge in [-0.25, -0.2) is 0 Å². The number of ketones is 1. The monoisotopic (exact) mass is 427 g/mol. The summed E-state index contributed by atoms with van der Waals surface area (Å²) in [5, 5.41) is 3.08. The Hall–Kier alpha value is -1.92. The molecule has 0 bridgehead atoms. The van der Waals surface area contributed by atoms with Crippen LogP contribution in [0.5, 0.6) is 5.75 Å². The lowest BCUT2D eigenvalue weighted by Crippen LogP contribution is -2.44. The van der Waals surface area contributed by atoms with Gasteiger partial charge in [-0.15, -0.1) is 0 Å². The van der Waals surface area contributed by atoms with Crippen molar-refractivity contribution in [1.82, 2.24) is 5.32 Å². The zero-order valence-corrected chi connectivity index (χ0v) is 18.1. The molecule has 31 heavy (non-hydrogen) atoms. The van der Waals surface area contributed by atoms with Gasteiger partial charge in [-0.3, -0.25) is 9.59 Å². The molecule has 1 N–H and O–H groups in total. The number of nitrogens with one attached hydrogen (secondary N) is 1. The van der Waals surface area contributed by atoms with Crippen LogP contribution in [-0.2, 0) is 14.3 Å². The minimum atomic E-state index is -0.148. The third kappa shape index (κ3) is 4.96. The van der Waals surface area contributed by atoms with E-state index in [1.165, 1.54) is 32.1 Å². The van der Waals surface area contributed by atoms with Crippen LogP contribution in [0.4, 0.5) is 0 Å². The van der Waals surface area contributed by atoms with Crippen LogP contribution in [0.2, 0.25) is 0 Å². The molecule has 6 nitrogen and oxygen atoms in total. The Morgan fingerprint density at radius 1 is 1.00 bits per heavy atom. The van der Waals surface area contributed by atoms with Crippen LogP contribution in [0, 0.1) is 17.8 Å². The van der Waals surface area contributed by atoms with Gasteiger partial charge in [-0.1, -0.05) is 31.4 Å². The van der Waals surface area contributed by atoms with Gasteiger partial charge >= 0.3 is 0 Å². The third-order valence-corrected chi connectivity index (χ3v) is 7.25. The molecule has 2 aliphatic carbocycles. The summed E-state index contributed by atoms with van der Waals surface area (Å²) in [6.45, 7) is 1.69. The molecule has 0 spiro atoms. The normalized spacial score (nSPS) is 30.7. The fourth-order valence-corrected chi connectivity index (χ4v) is 5.21. The number of Topliss-reactive ketones (excluding diaryl/α,β-unsaturated/α-hetero) is 1. The average molecular weight is 428 g/mol. The highest BCUT2D eigenvalue weighted by Gasteiger charge is 2.49. The van der Waals surface area contributed by atoms with Crippen LogP contribution in [0.1, 0.15) is 61.7 Å². The SMILES string of the molecule is O=C(C[C@H]1CO[C@H]2[C@@H]1OC[C@@H]2NC(=O)C1CC1)c1cccc(OCC2CCCCC2)c1. The van der Waals surface area contributed by atoms with Crippen molar-refractivity contribution in [2.75, 3.05) is 19.8 Å². The van der Waals surface area contributed by atoms with Crippen LogP contribution < -0.4 is 10.1 Å². The Morgan fingerprint density at radius 3 is 2.61 bits per heavy atom. The second-order valence-corrected chi connectivity index (χ2v) is 9.72. The zero-order valence-electron chi connectivity index (χ0n) is 18.1. The lowest BCUT2D eigenvalue weighted by atomic mass is 9.90. The number of amides is 1. The number of rotatable bonds is 8. The first-order chi connectivity index (χ1) is 15.2. The van der Waals surface area contributed by atoms with Crippen molar-refractivity contribution in [3.8, 4) is 5.75 Å². The largest absolute Gasteiger partial charge is 0.493 e. The van der Waals surface area contributed by atoms with E-state index >= 15 is 0 Å². The summed E-state index contributed by atoms with van der Waals surface area (Å²) in [4.78, 5) is 25.1. The van der Waals surface area contributed by atoms with Crippen molar-refractivity contribution in [3.05, 3.63) is 29.8 Å². The molecule has 0 radical (unpaired) electrons. The van der Waals surface area contributed by atoms with Crippen LogP contribution in [0.25, 0.3) is 0 Å². The van der Waals surface area contributed by atoms with E-state index in [1.54, 1.807) is 0 Å². The molecule has 6 heteroatoms. The van der Waals surface area contributed by atoms with Gasteiger partial charge in [0.25, 0.3) is 0 Å². The van der Waals surface area contributed by atoms with Gasteiger partial charge in [-0.05, 0) is 43.7 Å². The van der Waals surface area contributed by atoms with Gasteiger partial charge in [0.15, 0.2) is 5.78 Å². The maximum atomic E-state index is 13.0. The van der Waals surface area contributed by atoms with E-state index < -0.39 is 0 Å². The van der Waals surface area contributed by atoms with E-state index in [1.807, 2.05) is 24.3 Å². The van der Waals surface area contributed by atoms with Crippen molar-refractivity contribution < 1.29 is 23.8 Å². The zero-order chi connectivity index (χ0) is 21.2. The molecule has 1 aromatic carbocycles. The van der Waals surface area contributed by atoms with Gasteiger partial charge in [0, 0.05) is 23.8 Å². The smallest absolute Gasteiger partial charge is 0.223 e. The highest BCUT2D eigenvalue weighted by Crippen LogP contribution is 2.35. The first-order valence-electron chi connectivity index (χ1n) is 12.0. The Labute approximate surface area is 184 Å². The van der Waals surface area contributed by atoms with Gasteiger partial charge in [-0.2, -0.15) is 0 Å². The number of fused-ring (bicyclic) bond motifs is 1. The third-order valence-electron chi connectivity index (χ3n) is 7.25. The summed E-state index contributed by atoms with van der Waals surface area (Å²) in [7, 11) is 0. The summed E-state index contributed by atoms with van der Waals surface area (Å²) in [6, 6.07) is 7.45. The van der Waals surface area contributed by atoms with Gasteiger partial charge in [0.1, 0.15) is 11.9 Å². The first-order valence-corrected chi connectivity index (χ1v) is 12.0. The Morgan fingerprint density at radius 2 is 1.81 bits per heavy atom. The summed E-state index contributed by atoms with van der Waals surface area (Å²) in [5.41, 5.74) is 0.682.